The van der Waals surface area contributed by atoms with Gasteiger partial charge in [0.1, 0.15) is 6.04 Å². The van der Waals surface area contributed by atoms with Crippen LogP contribution in [0.15, 0.2) is 42.5 Å². The molecule has 3 rings (SSSR count). The fourth-order valence-corrected chi connectivity index (χ4v) is 3.43. The molecule has 0 aliphatic heterocycles. The van der Waals surface area contributed by atoms with Crippen molar-refractivity contribution in [2.24, 2.45) is 0 Å². The first-order valence-corrected chi connectivity index (χ1v) is 8.95. The molecule has 1 atom stereocenters. The number of carbonyl (C=O) groups excluding carboxylic acids is 2. The highest BCUT2D eigenvalue weighted by Gasteiger charge is 2.24. The fourth-order valence-electron chi connectivity index (χ4n) is 3.43. The Balaban J connectivity index is 1.71. The first-order chi connectivity index (χ1) is 12.9. The van der Waals surface area contributed by atoms with Crippen LogP contribution in [0.3, 0.4) is 0 Å². The first kappa shape index (κ1) is 18.6. The van der Waals surface area contributed by atoms with Crippen LogP contribution in [0.25, 0.3) is 0 Å². The molecule has 1 aliphatic carbocycles. The Morgan fingerprint density at radius 3 is 2.48 bits per heavy atom. The minimum Gasteiger partial charge on any atom is -0.480 e. The van der Waals surface area contributed by atoms with Crippen molar-refractivity contribution < 1.29 is 19.5 Å². The molecule has 0 aromatic heterocycles. The van der Waals surface area contributed by atoms with E-state index in [2.05, 4.69) is 10.6 Å². The Morgan fingerprint density at radius 1 is 1.07 bits per heavy atom. The molecule has 1 unspecified atom stereocenters. The average molecular weight is 366 g/mol. The summed E-state index contributed by atoms with van der Waals surface area (Å²) in [6, 6.07) is 11.5. The third-order valence-corrected chi connectivity index (χ3v) is 4.71. The summed E-state index contributed by atoms with van der Waals surface area (Å²) in [7, 11) is 0. The van der Waals surface area contributed by atoms with Gasteiger partial charge in [-0.3, -0.25) is 9.59 Å². The number of aryl methyl sites for hydroxylation is 1. The standard InChI is InChI=1S/C21H22N2O4/c1-13(24)22-16-10-8-14(9-11-16)12-19(21(26)27)23-20(25)18-7-3-5-15-4-2-6-17(15)18/h3,5,7-11,19H,2,4,6,12H2,1H3,(H,22,24)(H,23,25)(H,26,27). The molecule has 0 heterocycles. The van der Waals surface area contributed by atoms with E-state index >= 15 is 0 Å². The molecule has 1 aliphatic rings. The molecular weight excluding hydrogens is 344 g/mol. The van der Waals surface area contributed by atoms with E-state index < -0.39 is 12.0 Å². The predicted octanol–water partition coefficient (Wildman–Crippen LogP) is 2.56. The number of anilines is 1. The van der Waals surface area contributed by atoms with Gasteiger partial charge >= 0.3 is 5.97 Å². The number of benzene rings is 2. The number of hydrogen-bond acceptors (Lipinski definition) is 3. The molecule has 3 N–H and O–H groups in total. The van der Waals surface area contributed by atoms with Crippen molar-refractivity contribution in [3.63, 3.8) is 0 Å². The molecule has 2 aromatic carbocycles. The van der Waals surface area contributed by atoms with E-state index in [4.69, 9.17) is 0 Å². The van der Waals surface area contributed by atoms with Crippen LogP contribution in [0.4, 0.5) is 5.69 Å². The second-order valence-electron chi connectivity index (χ2n) is 6.74. The lowest BCUT2D eigenvalue weighted by Gasteiger charge is -2.16. The van der Waals surface area contributed by atoms with Gasteiger partial charge in [-0.1, -0.05) is 24.3 Å². The molecule has 2 amide bonds. The van der Waals surface area contributed by atoms with Crippen molar-refractivity contribution in [1.82, 2.24) is 5.32 Å². The van der Waals surface area contributed by atoms with Crippen molar-refractivity contribution in [2.45, 2.75) is 38.6 Å². The van der Waals surface area contributed by atoms with Gasteiger partial charge in [-0.05, 0) is 54.2 Å². The minimum absolute atomic E-state index is 0.163. The van der Waals surface area contributed by atoms with Crippen LogP contribution >= 0.6 is 0 Å². The minimum atomic E-state index is -1.08. The van der Waals surface area contributed by atoms with Gasteiger partial charge in [0.05, 0.1) is 0 Å². The molecule has 0 bridgehead atoms. The SMILES string of the molecule is CC(=O)Nc1ccc(CC(NC(=O)c2cccc3c2CCC3)C(=O)O)cc1. The van der Waals surface area contributed by atoms with E-state index in [1.807, 2.05) is 12.1 Å². The summed E-state index contributed by atoms with van der Waals surface area (Å²) in [5.74, 6) is -1.60. The predicted molar refractivity (Wildman–Crippen MR) is 102 cm³/mol. The molecule has 140 valence electrons. The summed E-state index contributed by atoms with van der Waals surface area (Å²) in [5.41, 5.74) is 4.16. The van der Waals surface area contributed by atoms with Gasteiger partial charge in [-0.15, -0.1) is 0 Å². The van der Waals surface area contributed by atoms with Gasteiger partial charge in [0, 0.05) is 24.6 Å². The highest BCUT2D eigenvalue weighted by atomic mass is 16.4. The smallest absolute Gasteiger partial charge is 0.326 e. The lowest BCUT2D eigenvalue weighted by Crippen LogP contribution is -2.42. The van der Waals surface area contributed by atoms with Gasteiger partial charge in [0.25, 0.3) is 5.91 Å². The highest BCUT2D eigenvalue weighted by molar-refractivity contribution is 5.98. The first-order valence-electron chi connectivity index (χ1n) is 8.95. The van der Waals surface area contributed by atoms with Crippen LogP contribution in [0.5, 0.6) is 0 Å². The molecule has 0 saturated heterocycles. The molecule has 0 radical (unpaired) electrons. The van der Waals surface area contributed by atoms with E-state index in [1.165, 1.54) is 12.5 Å². The summed E-state index contributed by atoms with van der Waals surface area (Å²) in [6.45, 7) is 1.42. The number of hydrogen-bond donors (Lipinski definition) is 3. The van der Waals surface area contributed by atoms with Crippen molar-refractivity contribution in [1.29, 1.82) is 0 Å². The second-order valence-corrected chi connectivity index (χ2v) is 6.74. The average Bonchev–Trinajstić information content (AvgIpc) is 3.10. The molecule has 27 heavy (non-hydrogen) atoms. The van der Waals surface area contributed by atoms with Crippen LogP contribution in [0.1, 0.15) is 40.4 Å². The summed E-state index contributed by atoms with van der Waals surface area (Å²) in [4.78, 5) is 35.4. The van der Waals surface area contributed by atoms with Crippen LogP contribution < -0.4 is 10.6 Å². The van der Waals surface area contributed by atoms with Crippen molar-refractivity contribution in [3.05, 3.63) is 64.7 Å². The maximum absolute atomic E-state index is 12.7. The molecule has 6 nitrogen and oxygen atoms in total. The third kappa shape index (κ3) is 4.53. The zero-order chi connectivity index (χ0) is 19.4. The number of rotatable bonds is 6. The second kappa shape index (κ2) is 8.03. The largest absolute Gasteiger partial charge is 0.480 e. The Hall–Kier alpha value is -3.15. The van der Waals surface area contributed by atoms with Gasteiger partial charge in [0.15, 0.2) is 0 Å². The Morgan fingerprint density at radius 2 is 1.81 bits per heavy atom. The van der Waals surface area contributed by atoms with E-state index in [0.717, 1.165) is 30.4 Å². The number of carboxylic acids is 1. The van der Waals surface area contributed by atoms with Gasteiger partial charge < -0.3 is 15.7 Å². The number of aliphatic carboxylic acids is 1. The van der Waals surface area contributed by atoms with Crippen LogP contribution in [-0.2, 0) is 28.9 Å². The number of fused-ring (bicyclic) bond motifs is 1. The number of amides is 2. The third-order valence-electron chi connectivity index (χ3n) is 4.71. The lowest BCUT2D eigenvalue weighted by atomic mass is 10.0. The maximum Gasteiger partial charge on any atom is 0.326 e. The quantitative estimate of drug-likeness (QED) is 0.732. The normalized spacial score (nSPS) is 13.5. The zero-order valence-corrected chi connectivity index (χ0v) is 15.1. The van der Waals surface area contributed by atoms with Gasteiger partial charge in [0.2, 0.25) is 5.91 Å². The van der Waals surface area contributed by atoms with Crippen molar-refractivity contribution >= 4 is 23.5 Å². The summed E-state index contributed by atoms with van der Waals surface area (Å²) >= 11 is 0. The Bertz CT molecular complexity index is 874. The van der Waals surface area contributed by atoms with Gasteiger partial charge in [-0.2, -0.15) is 0 Å². The Kier molecular flexibility index (Phi) is 5.54. The summed E-state index contributed by atoms with van der Waals surface area (Å²) < 4.78 is 0. The molecule has 6 heteroatoms. The summed E-state index contributed by atoms with van der Waals surface area (Å²) in [6.07, 6.45) is 2.99. The van der Waals surface area contributed by atoms with Gasteiger partial charge in [-0.25, -0.2) is 4.79 Å². The Labute approximate surface area is 157 Å². The van der Waals surface area contributed by atoms with Crippen LogP contribution in [0.2, 0.25) is 0 Å². The molecule has 0 saturated carbocycles. The van der Waals surface area contributed by atoms with E-state index in [0.29, 0.717) is 11.3 Å². The molecule has 0 fully saturated rings. The molecule has 2 aromatic rings. The van der Waals surface area contributed by atoms with Crippen molar-refractivity contribution in [2.75, 3.05) is 5.32 Å². The monoisotopic (exact) mass is 366 g/mol. The lowest BCUT2D eigenvalue weighted by molar-refractivity contribution is -0.139. The van der Waals surface area contributed by atoms with Crippen LogP contribution in [-0.4, -0.2) is 28.9 Å². The van der Waals surface area contributed by atoms with Crippen molar-refractivity contribution in [3.8, 4) is 0 Å². The molecular formula is C21H22N2O4. The number of nitrogens with one attached hydrogen (secondary N) is 2. The summed E-state index contributed by atoms with van der Waals surface area (Å²) in [5, 5.41) is 14.8. The maximum atomic E-state index is 12.7. The molecule has 0 spiro atoms. The van der Waals surface area contributed by atoms with Crippen LogP contribution in [0, 0.1) is 0 Å². The van der Waals surface area contributed by atoms with E-state index in [-0.39, 0.29) is 18.2 Å². The van der Waals surface area contributed by atoms with E-state index in [9.17, 15) is 19.5 Å². The van der Waals surface area contributed by atoms with E-state index in [1.54, 1.807) is 30.3 Å². The number of carbonyl (C=O) groups is 3. The zero-order valence-electron chi connectivity index (χ0n) is 15.1. The fraction of sp³-hybridized carbons (Fsp3) is 0.286. The topological polar surface area (TPSA) is 95.5 Å². The number of carboxylic acid groups (broad SMARTS) is 1. The highest BCUT2D eigenvalue weighted by Crippen LogP contribution is 2.25.